The summed E-state index contributed by atoms with van der Waals surface area (Å²) in [7, 11) is 0. The monoisotopic (exact) mass is 304 g/mol. The second-order valence-corrected chi connectivity index (χ2v) is 4.75. The lowest BCUT2D eigenvalue weighted by Crippen LogP contribution is -2.11. The SMILES string of the molecule is OCCNN=Cc1cccc(OCc2ccccc2Cl)c1. The molecule has 0 aliphatic heterocycles. The van der Waals surface area contributed by atoms with Crippen LogP contribution in [-0.4, -0.2) is 24.5 Å². The highest BCUT2D eigenvalue weighted by Crippen LogP contribution is 2.19. The van der Waals surface area contributed by atoms with E-state index in [0.717, 1.165) is 16.9 Å². The second kappa shape index (κ2) is 8.29. The molecule has 21 heavy (non-hydrogen) atoms. The van der Waals surface area contributed by atoms with Crippen LogP contribution < -0.4 is 10.2 Å². The molecule has 0 unspecified atom stereocenters. The van der Waals surface area contributed by atoms with Crippen molar-refractivity contribution in [2.45, 2.75) is 6.61 Å². The number of hydrazone groups is 1. The number of aliphatic hydroxyl groups is 1. The molecule has 2 aromatic carbocycles. The number of nitrogens with one attached hydrogen (secondary N) is 1. The molecular weight excluding hydrogens is 288 g/mol. The molecule has 0 heterocycles. The molecule has 110 valence electrons. The van der Waals surface area contributed by atoms with E-state index in [4.69, 9.17) is 21.4 Å². The maximum Gasteiger partial charge on any atom is 0.120 e. The van der Waals surface area contributed by atoms with Gasteiger partial charge in [-0.25, -0.2) is 0 Å². The smallest absolute Gasteiger partial charge is 0.120 e. The highest BCUT2D eigenvalue weighted by Gasteiger charge is 2.00. The third-order valence-electron chi connectivity index (χ3n) is 2.74. The van der Waals surface area contributed by atoms with Crippen LogP contribution in [0.1, 0.15) is 11.1 Å². The molecule has 0 aliphatic carbocycles. The fourth-order valence-electron chi connectivity index (χ4n) is 1.70. The summed E-state index contributed by atoms with van der Waals surface area (Å²) >= 11 is 6.09. The number of rotatable bonds is 7. The van der Waals surface area contributed by atoms with Gasteiger partial charge in [-0.05, 0) is 23.8 Å². The third-order valence-corrected chi connectivity index (χ3v) is 3.11. The zero-order valence-electron chi connectivity index (χ0n) is 11.5. The van der Waals surface area contributed by atoms with E-state index in [1.807, 2.05) is 48.5 Å². The van der Waals surface area contributed by atoms with E-state index >= 15 is 0 Å². The molecule has 0 atom stereocenters. The van der Waals surface area contributed by atoms with Crippen molar-refractivity contribution in [1.29, 1.82) is 0 Å². The lowest BCUT2D eigenvalue weighted by Gasteiger charge is -2.08. The van der Waals surface area contributed by atoms with Gasteiger partial charge in [-0.2, -0.15) is 5.10 Å². The van der Waals surface area contributed by atoms with E-state index in [0.29, 0.717) is 18.2 Å². The molecule has 0 saturated carbocycles. The number of aliphatic hydroxyl groups excluding tert-OH is 1. The highest BCUT2D eigenvalue weighted by atomic mass is 35.5. The van der Waals surface area contributed by atoms with Crippen molar-refractivity contribution in [2.24, 2.45) is 5.10 Å². The molecule has 0 fully saturated rings. The maximum atomic E-state index is 8.64. The van der Waals surface area contributed by atoms with Gasteiger partial charge in [-0.3, -0.25) is 0 Å². The fourth-order valence-corrected chi connectivity index (χ4v) is 1.89. The summed E-state index contributed by atoms with van der Waals surface area (Å²) in [4.78, 5) is 0. The van der Waals surface area contributed by atoms with Crippen LogP contribution in [0, 0.1) is 0 Å². The summed E-state index contributed by atoms with van der Waals surface area (Å²) in [6.45, 7) is 0.903. The zero-order chi connectivity index (χ0) is 14.9. The minimum Gasteiger partial charge on any atom is -0.489 e. The molecule has 0 saturated heterocycles. The van der Waals surface area contributed by atoms with Gasteiger partial charge in [0.25, 0.3) is 0 Å². The summed E-state index contributed by atoms with van der Waals surface area (Å²) in [5.74, 6) is 0.751. The molecule has 0 radical (unpaired) electrons. The molecule has 2 rings (SSSR count). The van der Waals surface area contributed by atoms with Crippen LogP contribution in [0.2, 0.25) is 5.02 Å². The van der Waals surface area contributed by atoms with Crippen molar-refractivity contribution in [3.05, 3.63) is 64.7 Å². The Kier molecular flexibility index (Phi) is 6.06. The molecular formula is C16H17ClN2O2. The summed E-state index contributed by atoms with van der Waals surface area (Å²) in [5.41, 5.74) is 4.59. The van der Waals surface area contributed by atoms with E-state index in [-0.39, 0.29) is 6.61 Å². The van der Waals surface area contributed by atoms with Crippen LogP contribution in [0.15, 0.2) is 53.6 Å². The fraction of sp³-hybridized carbons (Fsp3) is 0.188. The lowest BCUT2D eigenvalue weighted by atomic mass is 10.2. The summed E-state index contributed by atoms with van der Waals surface area (Å²) in [5, 5.41) is 13.3. The first-order chi connectivity index (χ1) is 10.3. The number of halogens is 1. The van der Waals surface area contributed by atoms with Crippen LogP contribution in [0.3, 0.4) is 0 Å². The quantitative estimate of drug-likeness (QED) is 0.470. The minimum atomic E-state index is 0.0539. The van der Waals surface area contributed by atoms with Crippen molar-refractivity contribution in [2.75, 3.05) is 13.2 Å². The number of ether oxygens (including phenoxy) is 1. The summed E-state index contributed by atoms with van der Waals surface area (Å²) < 4.78 is 5.73. The Bertz CT molecular complexity index is 602. The van der Waals surface area contributed by atoms with Gasteiger partial charge in [0.05, 0.1) is 19.4 Å². The largest absolute Gasteiger partial charge is 0.489 e. The Balaban J connectivity index is 1.95. The molecule has 0 amide bonds. The molecule has 0 spiro atoms. The zero-order valence-corrected chi connectivity index (χ0v) is 12.3. The maximum absolute atomic E-state index is 8.64. The van der Waals surface area contributed by atoms with Crippen molar-refractivity contribution >= 4 is 17.8 Å². The molecule has 0 aromatic heterocycles. The van der Waals surface area contributed by atoms with Gasteiger partial charge in [0.15, 0.2) is 0 Å². The van der Waals surface area contributed by atoms with Crippen LogP contribution in [0.25, 0.3) is 0 Å². The van der Waals surface area contributed by atoms with Crippen LogP contribution in [-0.2, 0) is 6.61 Å². The van der Waals surface area contributed by atoms with Gasteiger partial charge in [0, 0.05) is 10.6 Å². The van der Waals surface area contributed by atoms with Crippen molar-refractivity contribution in [1.82, 2.24) is 5.43 Å². The first kappa shape index (κ1) is 15.4. The van der Waals surface area contributed by atoms with Gasteiger partial charge in [-0.15, -0.1) is 0 Å². The normalized spacial score (nSPS) is 10.8. The van der Waals surface area contributed by atoms with Gasteiger partial charge >= 0.3 is 0 Å². The number of hydrogen-bond donors (Lipinski definition) is 2. The standard InChI is InChI=1S/C16H17ClN2O2/c17-16-7-2-1-5-14(16)12-21-15-6-3-4-13(10-15)11-19-18-8-9-20/h1-7,10-11,18,20H,8-9,12H2. The van der Waals surface area contributed by atoms with Gasteiger partial charge < -0.3 is 15.3 Å². The first-order valence-corrected chi connectivity index (χ1v) is 7.00. The Morgan fingerprint density at radius 3 is 2.86 bits per heavy atom. The summed E-state index contributed by atoms with van der Waals surface area (Å²) in [6, 6.07) is 15.2. The third kappa shape index (κ3) is 5.10. The van der Waals surface area contributed by atoms with E-state index in [2.05, 4.69) is 10.5 Å². The van der Waals surface area contributed by atoms with Gasteiger partial charge in [0.2, 0.25) is 0 Å². The average Bonchev–Trinajstić information content (AvgIpc) is 2.51. The highest BCUT2D eigenvalue weighted by molar-refractivity contribution is 6.31. The Morgan fingerprint density at radius 1 is 1.19 bits per heavy atom. The van der Waals surface area contributed by atoms with Crippen LogP contribution in [0.5, 0.6) is 5.75 Å². The average molecular weight is 305 g/mol. The molecule has 0 bridgehead atoms. The molecule has 5 heteroatoms. The molecule has 2 aromatic rings. The Hall–Kier alpha value is -2.04. The number of benzene rings is 2. The van der Waals surface area contributed by atoms with Crippen LogP contribution in [0.4, 0.5) is 0 Å². The van der Waals surface area contributed by atoms with Crippen LogP contribution >= 0.6 is 11.6 Å². The van der Waals surface area contributed by atoms with Gasteiger partial charge in [0.1, 0.15) is 12.4 Å². The van der Waals surface area contributed by atoms with Gasteiger partial charge in [-0.1, -0.05) is 41.9 Å². The first-order valence-electron chi connectivity index (χ1n) is 6.62. The Labute approximate surface area is 129 Å². The van der Waals surface area contributed by atoms with Crippen molar-refractivity contribution < 1.29 is 9.84 Å². The van der Waals surface area contributed by atoms with E-state index in [1.165, 1.54) is 0 Å². The predicted octanol–water partition coefficient (Wildman–Crippen LogP) is 2.83. The second-order valence-electron chi connectivity index (χ2n) is 4.34. The Morgan fingerprint density at radius 2 is 2.05 bits per heavy atom. The molecule has 2 N–H and O–H groups in total. The van der Waals surface area contributed by atoms with E-state index in [1.54, 1.807) is 6.21 Å². The van der Waals surface area contributed by atoms with E-state index in [9.17, 15) is 0 Å². The minimum absolute atomic E-state index is 0.0539. The molecule has 4 nitrogen and oxygen atoms in total. The number of hydrogen-bond acceptors (Lipinski definition) is 4. The predicted molar refractivity (Wildman–Crippen MR) is 84.9 cm³/mol. The summed E-state index contributed by atoms with van der Waals surface area (Å²) in [6.07, 6.45) is 1.68. The lowest BCUT2D eigenvalue weighted by molar-refractivity contribution is 0.293. The topological polar surface area (TPSA) is 53.8 Å². The van der Waals surface area contributed by atoms with E-state index < -0.39 is 0 Å². The number of nitrogens with zero attached hydrogens (tertiary/aromatic N) is 1. The van der Waals surface area contributed by atoms with Crippen molar-refractivity contribution in [3.8, 4) is 5.75 Å². The molecule has 0 aliphatic rings. The van der Waals surface area contributed by atoms with Crippen molar-refractivity contribution in [3.63, 3.8) is 0 Å².